The molecule has 0 amide bonds. The van der Waals surface area contributed by atoms with Gasteiger partial charge in [-0.1, -0.05) is 19.8 Å². The molecule has 1 rings (SSSR count). The van der Waals surface area contributed by atoms with E-state index in [-0.39, 0.29) is 12.0 Å². The maximum absolute atomic E-state index is 10.9. The smallest absolute Gasteiger partial charge is 0.305 e. The van der Waals surface area contributed by atoms with Crippen molar-refractivity contribution in [1.82, 2.24) is 4.90 Å². The molecule has 1 aliphatic heterocycles. The lowest BCUT2D eigenvalue weighted by molar-refractivity contribution is -0.140. The van der Waals surface area contributed by atoms with Gasteiger partial charge < -0.3 is 5.11 Å². The van der Waals surface area contributed by atoms with Gasteiger partial charge in [-0.3, -0.25) is 9.69 Å². The Bertz CT molecular complexity index is 210. The van der Waals surface area contributed by atoms with Gasteiger partial charge >= 0.3 is 5.97 Å². The van der Waals surface area contributed by atoms with Crippen LogP contribution >= 0.6 is 0 Å². The van der Waals surface area contributed by atoms with Gasteiger partial charge in [0.1, 0.15) is 0 Å². The highest BCUT2D eigenvalue weighted by Crippen LogP contribution is 2.26. The summed E-state index contributed by atoms with van der Waals surface area (Å²) in [6, 6.07) is 0. The van der Waals surface area contributed by atoms with E-state index >= 15 is 0 Å². The van der Waals surface area contributed by atoms with Crippen LogP contribution in [0.2, 0.25) is 0 Å². The van der Waals surface area contributed by atoms with Crippen LogP contribution in [-0.2, 0) is 4.79 Å². The Morgan fingerprint density at radius 2 is 1.80 bits per heavy atom. The summed E-state index contributed by atoms with van der Waals surface area (Å²) in [6.07, 6.45) is 6.21. The Labute approximate surface area is 92.5 Å². The summed E-state index contributed by atoms with van der Waals surface area (Å²) in [4.78, 5) is 13.3. The summed E-state index contributed by atoms with van der Waals surface area (Å²) in [5.41, 5.74) is -0.143. The third-order valence-corrected chi connectivity index (χ3v) is 3.66. The van der Waals surface area contributed by atoms with E-state index in [9.17, 15) is 4.79 Å². The number of aliphatic carboxylic acids is 1. The van der Waals surface area contributed by atoms with Crippen molar-refractivity contribution in [2.45, 2.75) is 57.9 Å². The molecule has 1 heterocycles. The topological polar surface area (TPSA) is 40.5 Å². The van der Waals surface area contributed by atoms with Crippen molar-refractivity contribution >= 4 is 5.97 Å². The zero-order valence-electron chi connectivity index (χ0n) is 9.96. The standard InChI is InChI=1S/C12H23NO2/c1-3-12(2,10-11(14)15)13-8-6-4-5-7-9-13/h3-10H2,1-2H3,(H,14,15). The Hall–Kier alpha value is -0.570. The Balaban J connectivity index is 2.64. The van der Waals surface area contributed by atoms with Crippen molar-refractivity contribution in [2.24, 2.45) is 0 Å². The van der Waals surface area contributed by atoms with E-state index in [2.05, 4.69) is 18.7 Å². The van der Waals surface area contributed by atoms with Crippen LogP contribution in [0.4, 0.5) is 0 Å². The lowest BCUT2D eigenvalue weighted by atomic mass is 9.92. The number of likely N-dealkylation sites (tertiary alicyclic amines) is 1. The molecule has 1 saturated heterocycles. The monoisotopic (exact) mass is 213 g/mol. The molecule has 3 nitrogen and oxygen atoms in total. The van der Waals surface area contributed by atoms with Crippen LogP contribution in [0.3, 0.4) is 0 Å². The Morgan fingerprint density at radius 3 is 2.20 bits per heavy atom. The number of hydrogen-bond acceptors (Lipinski definition) is 2. The number of carbonyl (C=O) groups is 1. The molecule has 0 spiro atoms. The zero-order chi connectivity index (χ0) is 11.3. The van der Waals surface area contributed by atoms with Gasteiger partial charge in [-0.05, 0) is 39.3 Å². The second-order valence-electron chi connectivity index (χ2n) is 4.82. The summed E-state index contributed by atoms with van der Waals surface area (Å²) >= 11 is 0. The quantitative estimate of drug-likeness (QED) is 0.780. The first-order valence-corrected chi connectivity index (χ1v) is 6.05. The summed E-state index contributed by atoms with van der Waals surface area (Å²) < 4.78 is 0. The molecule has 1 unspecified atom stereocenters. The van der Waals surface area contributed by atoms with Crippen LogP contribution in [0.1, 0.15) is 52.4 Å². The van der Waals surface area contributed by atoms with Gasteiger partial charge in [0.25, 0.3) is 0 Å². The van der Waals surface area contributed by atoms with Crippen molar-refractivity contribution in [3.05, 3.63) is 0 Å². The minimum Gasteiger partial charge on any atom is -0.481 e. The molecule has 0 radical (unpaired) electrons. The maximum atomic E-state index is 10.9. The maximum Gasteiger partial charge on any atom is 0.305 e. The summed E-state index contributed by atoms with van der Waals surface area (Å²) in [5.74, 6) is -0.677. The lowest BCUT2D eigenvalue weighted by Crippen LogP contribution is -2.47. The van der Waals surface area contributed by atoms with Crippen LogP contribution in [0.25, 0.3) is 0 Å². The Kier molecular flexibility index (Phi) is 4.58. The molecule has 1 aliphatic rings. The average molecular weight is 213 g/mol. The number of nitrogens with zero attached hydrogens (tertiary/aromatic N) is 1. The van der Waals surface area contributed by atoms with Crippen LogP contribution in [0.5, 0.6) is 0 Å². The zero-order valence-corrected chi connectivity index (χ0v) is 9.96. The second kappa shape index (κ2) is 5.50. The third kappa shape index (κ3) is 3.49. The molecule has 15 heavy (non-hydrogen) atoms. The number of hydrogen-bond donors (Lipinski definition) is 1. The highest BCUT2D eigenvalue weighted by Gasteiger charge is 2.32. The molecule has 0 aromatic carbocycles. The highest BCUT2D eigenvalue weighted by atomic mass is 16.4. The van der Waals surface area contributed by atoms with Crippen molar-refractivity contribution < 1.29 is 9.90 Å². The molecule has 0 aliphatic carbocycles. The fourth-order valence-corrected chi connectivity index (χ4v) is 2.40. The minimum atomic E-state index is -0.677. The fraction of sp³-hybridized carbons (Fsp3) is 0.917. The predicted octanol–water partition coefficient (Wildman–Crippen LogP) is 2.51. The second-order valence-corrected chi connectivity index (χ2v) is 4.82. The van der Waals surface area contributed by atoms with E-state index in [0.29, 0.717) is 0 Å². The van der Waals surface area contributed by atoms with Gasteiger partial charge in [0, 0.05) is 5.54 Å². The first-order chi connectivity index (χ1) is 7.08. The summed E-state index contributed by atoms with van der Waals surface area (Å²) in [7, 11) is 0. The van der Waals surface area contributed by atoms with Gasteiger partial charge in [-0.25, -0.2) is 0 Å². The Morgan fingerprint density at radius 1 is 1.27 bits per heavy atom. The fourth-order valence-electron chi connectivity index (χ4n) is 2.40. The SMILES string of the molecule is CCC(C)(CC(=O)O)N1CCCCCC1. The molecular weight excluding hydrogens is 190 g/mol. The molecule has 1 atom stereocenters. The third-order valence-electron chi connectivity index (χ3n) is 3.66. The van der Waals surface area contributed by atoms with Gasteiger partial charge in [0.15, 0.2) is 0 Å². The first kappa shape index (κ1) is 12.5. The molecular formula is C12H23NO2. The molecule has 1 fully saturated rings. The molecule has 0 aromatic heterocycles. The first-order valence-electron chi connectivity index (χ1n) is 6.05. The van der Waals surface area contributed by atoms with Crippen molar-refractivity contribution in [1.29, 1.82) is 0 Å². The molecule has 0 saturated carbocycles. The summed E-state index contributed by atoms with van der Waals surface area (Å²) in [5, 5.41) is 8.95. The van der Waals surface area contributed by atoms with E-state index in [1.165, 1.54) is 25.7 Å². The van der Waals surface area contributed by atoms with Crippen LogP contribution in [0, 0.1) is 0 Å². The number of rotatable bonds is 4. The number of carboxylic acids is 1. The van der Waals surface area contributed by atoms with Crippen molar-refractivity contribution in [3.63, 3.8) is 0 Å². The van der Waals surface area contributed by atoms with E-state index in [0.717, 1.165) is 19.5 Å². The van der Waals surface area contributed by atoms with Gasteiger partial charge in [-0.15, -0.1) is 0 Å². The average Bonchev–Trinajstić information content (AvgIpc) is 2.44. The number of carboxylic acid groups (broad SMARTS) is 1. The molecule has 3 heteroatoms. The van der Waals surface area contributed by atoms with Crippen LogP contribution in [-0.4, -0.2) is 34.6 Å². The van der Waals surface area contributed by atoms with E-state index in [4.69, 9.17) is 5.11 Å². The van der Waals surface area contributed by atoms with Crippen molar-refractivity contribution in [3.8, 4) is 0 Å². The lowest BCUT2D eigenvalue weighted by Gasteiger charge is -2.39. The molecule has 88 valence electrons. The van der Waals surface area contributed by atoms with Crippen molar-refractivity contribution in [2.75, 3.05) is 13.1 Å². The largest absolute Gasteiger partial charge is 0.481 e. The van der Waals surface area contributed by atoms with E-state index in [1.54, 1.807) is 0 Å². The normalized spacial score (nSPS) is 23.1. The highest BCUT2D eigenvalue weighted by molar-refractivity contribution is 5.68. The minimum absolute atomic E-state index is 0.143. The van der Waals surface area contributed by atoms with Gasteiger partial charge in [-0.2, -0.15) is 0 Å². The van der Waals surface area contributed by atoms with E-state index < -0.39 is 5.97 Å². The summed E-state index contributed by atoms with van der Waals surface area (Å²) in [6.45, 7) is 6.31. The molecule has 0 aromatic rings. The van der Waals surface area contributed by atoms with E-state index in [1.807, 2.05) is 0 Å². The van der Waals surface area contributed by atoms with Crippen LogP contribution < -0.4 is 0 Å². The molecule has 1 N–H and O–H groups in total. The van der Waals surface area contributed by atoms with Crippen LogP contribution in [0.15, 0.2) is 0 Å². The van der Waals surface area contributed by atoms with Gasteiger partial charge in [0.2, 0.25) is 0 Å². The molecule has 0 bridgehead atoms. The predicted molar refractivity (Wildman–Crippen MR) is 61.0 cm³/mol. The van der Waals surface area contributed by atoms with Gasteiger partial charge in [0.05, 0.1) is 6.42 Å².